The molecule has 0 aliphatic carbocycles. The minimum Gasteiger partial charge on any atom is -0.495 e. The van der Waals surface area contributed by atoms with Gasteiger partial charge in [0.2, 0.25) is 0 Å². The zero-order chi connectivity index (χ0) is 16.1. The second kappa shape index (κ2) is 7.11. The number of ether oxygens (including phenoxy) is 1. The number of hydrogen-bond acceptors (Lipinski definition) is 5. The van der Waals surface area contributed by atoms with Crippen LogP contribution in [0.5, 0.6) is 5.75 Å². The van der Waals surface area contributed by atoms with Gasteiger partial charge in [-0.2, -0.15) is 5.11 Å². The minimum absolute atomic E-state index is 0.0913. The average molecular weight is 308 g/mol. The van der Waals surface area contributed by atoms with E-state index in [0.29, 0.717) is 5.75 Å². The van der Waals surface area contributed by atoms with Crippen LogP contribution in [0, 0.1) is 0 Å². The maximum absolute atomic E-state index is 14.0. The van der Waals surface area contributed by atoms with Crippen molar-refractivity contribution in [3.05, 3.63) is 47.5 Å². The van der Waals surface area contributed by atoms with E-state index in [1.165, 1.54) is 18.0 Å². The molecular formula is C15H18F2N4O. The first kappa shape index (κ1) is 16.1. The van der Waals surface area contributed by atoms with E-state index in [-0.39, 0.29) is 24.7 Å². The summed E-state index contributed by atoms with van der Waals surface area (Å²) in [6.45, 7) is 3.38. The fraction of sp³-hybridized carbons (Fsp3) is 0.400. The fourth-order valence-electron chi connectivity index (χ4n) is 2.10. The first-order chi connectivity index (χ1) is 10.6. The van der Waals surface area contributed by atoms with Gasteiger partial charge in [0.25, 0.3) is 0 Å². The van der Waals surface area contributed by atoms with Crippen LogP contribution in [0.15, 0.2) is 52.2 Å². The van der Waals surface area contributed by atoms with E-state index in [1.807, 2.05) is 0 Å². The monoisotopic (exact) mass is 308 g/mol. The molecule has 5 nitrogen and oxygen atoms in total. The summed E-state index contributed by atoms with van der Waals surface area (Å²) in [5.74, 6) is -0.608. The lowest BCUT2D eigenvalue weighted by atomic mass is 10.1. The highest BCUT2D eigenvalue weighted by molar-refractivity contribution is 5.30. The maximum Gasteiger partial charge on any atom is 0.146 e. The molecule has 22 heavy (non-hydrogen) atoms. The van der Waals surface area contributed by atoms with Gasteiger partial charge in [-0.25, -0.2) is 13.8 Å². The molecule has 0 aromatic carbocycles. The van der Waals surface area contributed by atoms with Crippen LogP contribution in [-0.2, 0) is 0 Å². The van der Waals surface area contributed by atoms with Gasteiger partial charge in [0.1, 0.15) is 29.1 Å². The van der Waals surface area contributed by atoms with Gasteiger partial charge < -0.3 is 4.74 Å². The second-order valence-electron chi connectivity index (χ2n) is 4.70. The molecule has 0 N–H and O–H groups in total. The lowest BCUT2D eigenvalue weighted by Gasteiger charge is -2.17. The molecule has 118 valence electrons. The summed E-state index contributed by atoms with van der Waals surface area (Å²) in [5.41, 5.74) is 0.620. The number of aromatic nitrogens is 1. The summed E-state index contributed by atoms with van der Waals surface area (Å²) in [4.78, 5) is 4.06. The quantitative estimate of drug-likeness (QED) is 0.763. The van der Waals surface area contributed by atoms with Gasteiger partial charge in [0.15, 0.2) is 0 Å². The van der Waals surface area contributed by atoms with Crippen LogP contribution in [0.4, 0.5) is 8.78 Å². The van der Waals surface area contributed by atoms with Gasteiger partial charge in [-0.3, -0.25) is 4.98 Å². The molecule has 1 aliphatic heterocycles. The summed E-state index contributed by atoms with van der Waals surface area (Å²) in [5, 5.41) is 9.22. The number of halogens is 2. The topological polar surface area (TPSA) is 50.1 Å². The molecule has 0 amide bonds. The van der Waals surface area contributed by atoms with E-state index in [4.69, 9.17) is 4.74 Å². The van der Waals surface area contributed by atoms with Crippen molar-refractivity contribution in [1.82, 2.24) is 9.99 Å². The molecule has 2 rings (SSSR count). The number of methoxy groups -OCH3 is 1. The van der Waals surface area contributed by atoms with Crippen LogP contribution in [-0.4, -0.2) is 23.6 Å². The smallest absolute Gasteiger partial charge is 0.146 e. The zero-order valence-corrected chi connectivity index (χ0v) is 12.8. The third kappa shape index (κ3) is 3.29. The highest BCUT2D eigenvalue weighted by Gasteiger charge is 2.28. The van der Waals surface area contributed by atoms with E-state index in [9.17, 15) is 8.78 Å². The Labute approximate surface area is 128 Å². The van der Waals surface area contributed by atoms with Crippen molar-refractivity contribution in [3.63, 3.8) is 0 Å². The highest BCUT2D eigenvalue weighted by Crippen LogP contribution is 2.33. The van der Waals surface area contributed by atoms with Crippen molar-refractivity contribution < 1.29 is 13.5 Å². The first-order valence-electron chi connectivity index (χ1n) is 6.98. The Balaban J connectivity index is 2.23. The Hall–Kier alpha value is -2.31. The molecule has 0 saturated carbocycles. The van der Waals surface area contributed by atoms with Crippen molar-refractivity contribution in [3.8, 4) is 5.75 Å². The molecule has 2 heterocycles. The second-order valence-corrected chi connectivity index (χ2v) is 4.70. The predicted octanol–water partition coefficient (Wildman–Crippen LogP) is 4.28. The Morgan fingerprint density at radius 2 is 2.23 bits per heavy atom. The summed E-state index contributed by atoms with van der Waals surface area (Å²) in [7, 11) is 1.54. The predicted molar refractivity (Wildman–Crippen MR) is 78.4 cm³/mol. The fourth-order valence-corrected chi connectivity index (χ4v) is 2.10. The highest BCUT2D eigenvalue weighted by atomic mass is 19.1. The van der Waals surface area contributed by atoms with Gasteiger partial charge in [0, 0.05) is 11.8 Å². The molecule has 1 aromatic rings. The van der Waals surface area contributed by atoms with E-state index in [1.54, 1.807) is 32.5 Å². The van der Waals surface area contributed by atoms with Crippen LogP contribution in [0.3, 0.4) is 0 Å². The lowest BCUT2D eigenvalue weighted by Crippen LogP contribution is -2.19. The van der Waals surface area contributed by atoms with Crippen LogP contribution in [0.2, 0.25) is 0 Å². The van der Waals surface area contributed by atoms with E-state index < -0.39 is 11.7 Å². The minimum atomic E-state index is -0.650. The Bertz CT molecular complexity index is 628. The Morgan fingerprint density at radius 1 is 1.45 bits per heavy atom. The average Bonchev–Trinajstić information content (AvgIpc) is 3.04. The third-order valence-corrected chi connectivity index (χ3v) is 3.30. The summed E-state index contributed by atoms with van der Waals surface area (Å²) >= 11 is 0. The van der Waals surface area contributed by atoms with Gasteiger partial charge in [-0.1, -0.05) is 12.1 Å². The van der Waals surface area contributed by atoms with Gasteiger partial charge in [0.05, 0.1) is 19.9 Å². The number of allylic oxidation sites excluding steroid dienone is 3. The number of pyridine rings is 1. The standard InChI is InChI=1S/C15H18F2N4O/c1-4-12(16)15(13(17)5-2)21-9-14(19-20-21)10-6-11(22-3)8-18-7-10/h4,6-8,14H,5,9H2,1-3H3. The summed E-state index contributed by atoms with van der Waals surface area (Å²) in [6.07, 6.45) is 4.52. The Kier molecular flexibility index (Phi) is 5.19. The van der Waals surface area contributed by atoms with Crippen LogP contribution >= 0.6 is 0 Å². The molecule has 1 unspecified atom stereocenters. The molecule has 1 aliphatic rings. The van der Waals surface area contributed by atoms with E-state index in [0.717, 1.165) is 5.56 Å². The van der Waals surface area contributed by atoms with Crippen LogP contribution in [0.1, 0.15) is 31.9 Å². The van der Waals surface area contributed by atoms with Crippen molar-refractivity contribution in [2.75, 3.05) is 13.7 Å². The molecule has 0 radical (unpaired) electrons. The number of hydrogen-bond donors (Lipinski definition) is 0. The Morgan fingerprint density at radius 3 is 2.86 bits per heavy atom. The molecule has 0 spiro atoms. The molecule has 0 saturated heterocycles. The van der Waals surface area contributed by atoms with Crippen molar-refractivity contribution >= 4 is 0 Å². The zero-order valence-electron chi connectivity index (χ0n) is 12.8. The summed E-state index contributed by atoms with van der Waals surface area (Å²) < 4.78 is 33.0. The largest absolute Gasteiger partial charge is 0.495 e. The van der Waals surface area contributed by atoms with Crippen molar-refractivity contribution in [1.29, 1.82) is 0 Å². The lowest BCUT2D eigenvalue weighted by molar-refractivity contribution is 0.353. The summed E-state index contributed by atoms with van der Waals surface area (Å²) in [6, 6.07) is 1.44. The molecule has 1 aromatic heterocycles. The van der Waals surface area contributed by atoms with Crippen LogP contribution in [0.25, 0.3) is 0 Å². The molecular weight excluding hydrogens is 290 g/mol. The third-order valence-electron chi connectivity index (χ3n) is 3.30. The number of nitrogens with zero attached hydrogens (tertiary/aromatic N) is 4. The van der Waals surface area contributed by atoms with E-state index in [2.05, 4.69) is 15.3 Å². The molecule has 0 fully saturated rings. The first-order valence-corrected chi connectivity index (χ1v) is 6.98. The van der Waals surface area contributed by atoms with E-state index >= 15 is 0 Å². The molecule has 1 atom stereocenters. The normalized spacial score (nSPS) is 19.4. The van der Waals surface area contributed by atoms with Crippen molar-refractivity contribution in [2.24, 2.45) is 10.3 Å². The number of rotatable bonds is 5. The van der Waals surface area contributed by atoms with Gasteiger partial charge in [-0.05, 0) is 25.5 Å². The van der Waals surface area contributed by atoms with Gasteiger partial charge >= 0.3 is 0 Å². The van der Waals surface area contributed by atoms with Gasteiger partial charge in [-0.15, -0.1) is 0 Å². The van der Waals surface area contributed by atoms with Crippen LogP contribution < -0.4 is 4.74 Å². The SMILES string of the molecule is CC=C(F)C(=C(F)CC)N1CC(c2cncc(OC)c2)N=N1. The maximum atomic E-state index is 14.0. The molecule has 0 bridgehead atoms. The van der Waals surface area contributed by atoms with Crippen molar-refractivity contribution in [2.45, 2.75) is 26.3 Å². The molecule has 7 heteroatoms.